The van der Waals surface area contributed by atoms with Crippen molar-refractivity contribution in [2.45, 2.75) is 63.5 Å². The van der Waals surface area contributed by atoms with E-state index in [0.29, 0.717) is 17.6 Å². The van der Waals surface area contributed by atoms with Crippen molar-refractivity contribution in [2.24, 2.45) is 0 Å². The van der Waals surface area contributed by atoms with Crippen molar-refractivity contribution in [1.82, 2.24) is 15.6 Å². The third-order valence-electron chi connectivity index (χ3n) is 4.30. The second-order valence-electron chi connectivity index (χ2n) is 5.88. The van der Waals surface area contributed by atoms with Gasteiger partial charge in [0.2, 0.25) is 5.89 Å². The van der Waals surface area contributed by atoms with Gasteiger partial charge in [0.25, 0.3) is 5.91 Å². The van der Waals surface area contributed by atoms with E-state index in [-0.39, 0.29) is 11.9 Å². The fraction of sp³-hybridized carbons (Fsp3) is 0.733. The summed E-state index contributed by atoms with van der Waals surface area (Å²) in [5, 5.41) is 6.42. The third-order valence-corrected chi connectivity index (χ3v) is 4.30. The molecular weight excluding hydrogens is 254 g/mol. The van der Waals surface area contributed by atoms with Gasteiger partial charge in [-0.3, -0.25) is 4.79 Å². The summed E-state index contributed by atoms with van der Waals surface area (Å²) < 4.78 is 5.45. The Kier molecular flexibility index (Phi) is 4.35. The highest BCUT2D eigenvalue weighted by molar-refractivity contribution is 5.92. The van der Waals surface area contributed by atoms with Crippen LogP contribution in [0.15, 0.2) is 10.7 Å². The zero-order valence-electron chi connectivity index (χ0n) is 11.9. The molecule has 0 aromatic carbocycles. The summed E-state index contributed by atoms with van der Waals surface area (Å²) in [5.41, 5.74) is 0.415. The third kappa shape index (κ3) is 3.20. The van der Waals surface area contributed by atoms with Crippen molar-refractivity contribution in [1.29, 1.82) is 0 Å². The maximum absolute atomic E-state index is 12.2. The predicted octanol–water partition coefficient (Wildman–Crippen LogP) is 2.55. The Labute approximate surface area is 119 Å². The molecule has 1 aliphatic carbocycles. The minimum Gasteiger partial charge on any atom is -0.446 e. The van der Waals surface area contributed by atoms with E-state index >= 15 is 0 Å². The average Bonchev–Trinajstić information content (AvgIpc) is 3.07. The molecule has 1 aromatic rings. The number of nitrogens with zero attached hydrogens (tertiary/aromatic N) is 1. The quantitative estimate of drug-likeness (QED) is 0.833. The summed E-state index contributed by atoms with van der Waals surface area (Å²) in [6.07, 6.45) is 10.8. The lowest BCUT2D eigenvalue weighted by Crippen LogP contribution is -2.34. The van der Waals surface area contributed by atoms with E-state index in [4.69, 9.17) is 4.42 Å². The Morgan fingerprint density at radius 2 is 2.00 bits per heavy atom. The number of carbonyl (C=O) groups is 1. The van der Waals surface area contributed by atoms with Crippen molar-refractivity contribution in [3.8, 4) is 0 Å². The summed E-state index contributed by atoms with van der Waals surface area (Å²) in [7, 11) is 0. The van der Waals surface area contributed by atoms with Gasteiger partial charge in [0, 0.05) is 6.04 Å². The number of amides is 1. The van der Waals surface area contributed by atoms with Gasteiger partial charge in [-0.2, -0.15) is 0 Å². The number of hydrogen-bond acceptors (Lipinski definition) is 4. The molecule has 0 bridgehead atoms. The lowest BCUT2D eigenvalue weighted by molar-refractivity contribution is 0.0928. The molecule has 1 unspecified atom stereocenters. The van der Waals surface area contributed by atoms with E-state index in [1.54, 1.807) is 0 Å². The molecule has 1 aromatic heterocycles. The zero-order valence-corrected chi connectivity index (χ0v) is 11.9. The first-order valence-electron chi connectivity index (χ1n) is 7.82. The van der Waals surface area contributed by atoms with Crippen LogP contribution in [-0.2, 0) is 0 Å². The minimum atomic E-state index is -0.0927. The Morgan fingerprint density at radius 3 is 2.70 bits per heavy atom. The normalized spacial score (nSPS) is 24.5. The van der Waals surface area contributed by atoms with Crippen molar-refractivity contribution in [3.05, 3.63) is 17.8 Å². The average molecular weight is 277 g/mol. The van der Waals surface area contributed by atoms with Crippen LogP contribution in [0.3, 0.4) is 0 Å². The first kappa shape index (κ1) is 13.6. The van der Waals surface area contributed by atoms with Crippen LogP contribution in [0.5, 0.6) is 0 Å². The van der Waals surface area contributed by atoms with E-state index in [9.17, 15) is 4.79 Å². The van der Waals surface area contributed by atoms with Crippen molar-refractivity contribution >= 4 is 5.91 Å². The van der Waals surface area contributed by atoms with E-state index < -0.39 is 0 Å². The number of oxazole rings is 1. The number of hydrogen-bond donors (Lipinski definition) is 2. The molecule has 3 rings (SSSR count). The van der Waals surface area contributed by atoms with Crippen LogP contribution in [0.2, 0.25) is 0 Å². The van der Waals surface area contributed by atoms with Crippen LogP contribution < -0.4 is 10.6 Å². The highest BCUT2D eigenvalue weighted by Crippen LogP contribution is 2.22. The summed E-state index contributed by atoms with van der Waals surface area (Å²) in [4.78, 5) is 16.5. The molecule has 5 heteroatoms. The molecule has 110 valence electrons. The van der Waals surface area contributed by atoms with Crippen LogP contribution in [-0.4, -0.2) is 23.5 Å². The lowest BCUT2D eigenvalue weighted by atomic mass is 10.1. The Hall–Kier alpha value is -1.36. The molecule has 1 saturated heterocycles. The van der Waals surface area contributed by atoms with Crippen LogP contribution in [0.4, 0.5) is 0 Å². The Morgan fingerprint density at radius 1 is 1.20 bits per heavy atom. The van der Waals surface area contributed by atoms with E-state index in [1.165, 1.54) is 31.9 Å². The molecule has 1 atom stereocenters. The van der Waals surface area contributed by atoms with Crippen LogP contribution in [0.1, 0.15) is 73.8 Å². The fourth-order valence-electron chi connectivity index (χ4n) is 3.13. The summed E-state index contributed by atoms with van der Waals surface area (Å²) in [5.74, 6) is 0.554. The summed E-state index contributed by atoms with van der Waals surface area (Å²) in [6, 6.07) is 0.476. The topological polar surface area (TPSA) is 67.2 Å². The molecule has 2 fully saturated rings. The second kappa shape index (κ2) is 6.39. The van der Waals surface area contributed by atoms with Crippen molar-refractivity contribution < 1.29 is 9.21 Å². The maximum Gasteiger partial charge on any atom is 0.273 e. The van der Waals surface area contributed by atoms with Gasteiger partial charge in [0.1, 0.15) is 6.26 Å². The Bertz CT molecular complexity index is 444. The highest BCUT2D eigenvalue weighted by atomic mass is 16.3. The summed E-state index contributed by atoms with van der Waals surface area (Å²) >= 11 is 0. The molecule has 0 radical (unpaired) electrons. The van der Waals surface area contributed by atoms with Gasteiger partial charge in [0.05, 0.1) is 6.04 Å². The standard InChI is InChI=1S/C15H23N3O2/c19-14(17-11-6-3-1-2-4-7-11)13-10-20-15(18-13)12-8-5-9-16-12/h10-12,16H,1-9H2,(H,17,19). The van der Waals surface area contributed by atoms with Crippen LogP contribution in [0.25, 0.3) is 0 Å². The molecule has 1 saturated carbocycles. The smallest absolute Gasteiger partial charge is 0.273 e. The lowest BCUT2D eigenvalue weighted by Gasteiger charge is -2.14. The number of aromatic nitrogens is 1. The van der Waals surface area contributed by atoms with Gasteiger partial charge in [-0.1, -0.05) is 25.7 Å². The Balaban J connectivity index is 1.58. The molecule has 0 spiro atoms. The molecule has 1 amide bonds. The second-order valence-corrected chi connectivity index (χ2v) is 5.88. The largest absolute Gasteiger partial charge is 0.446 e. The molecule has 2 heterocycles. The molecule has 5 nitrogen and oxygen atoms in total. The van der Waals surface area contributed by atoms with Crippen molar-refractivity contribution in [3.63, 3.8) is 0 Å². The van der Waals surface area contributed by atoms with Gasteiger partial charge < -0.3 is 15.1 Å². The van der Waals surface area contributed by atoms with E-state index in [0.717, 1.165) is 32.2 Å². The van der Waals surface area contributed by atoms with Crippen LogP contribution >= 0.6 is 0 Å². The van der Waals surface area contributed by atoms with Gasteiger partial charge >= 0.3 is 0 Å². The van der Waals surface area contributed by atoms with Crippen molar-refractivity contribution in [2.75, 3.05) is 6.54 Å². The molecule has 2 N–H and O–H groups in total. The zero-order chi connectivity index (χ0) is 13.8. The van der Waals surface area contributed by atoms with E-state index in [2.05, 4.69) is 15.6 Å². The van der Waals surface area contributed by atoms with Gasteiger partial charge in [-0.15, -0.1) is 0 Å². The molecule has 1 aliphatic heterocycles. The summed E-state index contributed by atoms with van der Waals surface area (Å²) in [6.45, 7) is 0.997. The van der Waals surface area contributed by atoms with Gasteiger partial charge in [-0.25, -0.2) is 4.98 Å². The maximum atomic E-state index is 12.2. The first-order chi connectivity index (χ1) is 9.83. The predicted molar refractivity (Wildman–Crippen MR) is 75.4 cm³/mol. The fourth-order valence-corrected chi connectivity index (χ4v) is 3.13. The van der Waals surface area contributed by atoms with Gasteiger partial charge in [0.15, 0.2) is 5.69 Å². The first-order valence-corrected chi connectivity index (χ1v) is 7.82. The molecule has 20 heavy (non-hydrogen) atoms. The molecule has 2 aliphatic rings. The number of carbonyl (C=O) groups excluding carboxylic acids is 1. The number of nitrogens with one attached hydrogen (secondary N) is 2. The van der Waals surface area contributed by atoms with Crippen LogP contribution in [0, 0.1) is 0 Å². The van der Waals surface area contributed by atoms with E-state index in [1.807, 2.05) is 0 Å². The number of rotatable bonds is 3. The SMILES string of the molecule is O=C(NC1CCCCCC1)c1coc(C2CCCN2)n1. The monoisotopic (exact) mass is 277 g/mol. The minimum absolute atomic E-state index is 0.0927. The highest BCUT2D eigenvalue weighted by Gasteiger charge is 2.23. The molecular formula is C15H23N3O2. The van der Waals surface area contributed by atoms with Gasteiger partial charge in [-0.05, 0) is 32.2 Å².